The average Bonchev–Trinajstić information content (AvgIpc) is 1.61. The minimum atomic E-state index is 0.0150. The number of fused-ring (bicyclic) bond motifs is 2. The Morgan fingerprint density at radius 2 is 0.849 bits per heavy atom. The molecule has 0 aromatic carbocycles. The molecule has 10 saturated heterocycles. The molecule has 1 saturated carbocycles. The van der Waals surface area contributed by atoms with Crippen molar-refractivity contribution in [2.45, 2.75) is 348 Å². The van der Waals surface area contributed by atoms with Crippen LogP contribution >= 0.6 is 0 Å². The largest absolute Gasteiger partial charge is 0.444 e. The molecule has 11 fully saturated rings. The Hall–Kier alpha value is -3.76. The van der Waals surface area contributed by atoms with Crippen molar-refractivity contribution in [1.82, 2.24) is 104 Å². The normalized spacial score (nSPS) is 23.5. The monoisotopic (exact) mass is 1770 g/mol. The van der Waals surface area contributed by atoms with Crippen LogP contribution < -0.4 is 0 Å². The van der Waals surface area contributed by atoms with Gasteiger partial charge >= 0.3 is 0 Å². The molecule has 126 heavy (non-hydrogen) atoms. The fourth-order valence-corrected chi connectivity index (χ4v) is 18.8. The molecule has 3 aromatic rings. The SMILES string of the molecule is CC(C)(C)N1CCN(CC2CCC2)CC1.CC(C)(C)N1CCN(CC2OCCO2)CC1.CC(C)(C)N1CCN(Cc2ncno2)CC1.CC(C)N1CC2CC1CN2C(C)(C)C.CC(C)N1CCN(C(C)(C)C)CC1=O.CCC(CO)CN1CCN(C(C)(C)C)CC1.Cc1nc(CN2CCN(C(C)(C)C)CC2)no1.Cc1nc(CN2CCN(C(C)(C)C)CC2)oc1C. The number of aryl methyl sites for hydroxylation is 3. The maximum Gasteiger partial charge on any atom is 0.240 e. The number of amides is 1. The standard InChI is InChI=1S/C14H25N3O.C13H28N2O.C13H26N2.C12H22N4O.C12H24N2O2.C12H24N2.C11H20N4O.C11H22N2O/c1-11-12(2)18-13(15-11)10-16-6-8-17(9-7-16)14(3,4)5;1-5-12(11-16)10-14-6-8-15(9-7-14)13(2,3)4;1-13(2,3)15-9-7-14(8-10-15)11-12-5-4-6-12;1-10-13-11(14-17-10)9-15-5-7-16(8-6-15)12(2,3)4;1-12(2,3)14-6-4-13(5-7-14)10-11-15-8-9-16-11;1-9(2)13-7-11-6-10(13)8-14(11)12(3,4)5;1-11(2,3)15-6-4-14(5-7-15)8-10-12-9-13-16-10;1-9(2)13-7-6-12(8-10(13)14)11(3,4)5/h6-10H2,1-5H3;12,16H,5-11H2,1-4H3;12H,4-11H2,1-3H3;5-9H2,1-4H3;11H,4-10H2,1-3H3;9-11H,6-8H2,1-5H3;9H,4-8H2,1-3H3;9H,6-8H2,1-5H3. The van der Waals surface area contributed by atoms with Gasteiger partial charge in [-0.25, -0.2) is 4.98 Å². The summed E-state index contributed by atoms with van der Waals surface area (Å²) < 4.78 is 26.6. The Bertz CT molecular complexity index is 3390. The molecule has 1 aliphatic carbocycles. The van der Waals surface area contributed by atoms with Gasteiger partial charge in [0.05, 0.1) is 45.1 Å². The van der Waals surface area contributed by atoms with E-state index in [-0.39, 0.29) is 34.4 Å². The van der Waals surface area contributed by atoms with E-state index < -0.39 is 0 Å². The van der Waals surface area contributed by atoms with Crippen molar-refractivity contribution in [3.63, 3.8) is 0 Å². The van der Waals surface area contributed by atoms with Gasteiger partial charge in [0.2, 0.25) is 23.6 Å². The number of aromatic nitrogens is 5. The van der Waals surface area contributed by atoms with Crippen molar-refractivity contribution in [3.8, 4) is 0 Å². The molecule has 11 aliphatic rings. The fraction of sp³-hybridized carbons (Fsp3) is 0.918. The number of carbonyl (C=O) groups excluding carboxylic acids is 1. The van der Waals surface area contributed by atoms with E-state index in [9.17, 15) is 9.90 Å². The van der Waals surface area contributed by atoms with Gasteiger partial charge in [0.15, 0.2) is 18.4 Å². The number of piperazine rings is 8. The van der Waals surface area contributed by atoms with Crippen LogP contribution in [0.15, 0.2) is 19.8 Å². The van der Waals surface area contributed by atoms with Crippen molar-refractivity contribution in [1.29, 1.82) is 0 Å². The quantitative estimate of drug-likeness (QED) is 0.141. The molecule has 14 rings (SSSR count). The van der Waals surface area contributed by atoms with Crippen molar-refractivity contribution in [2.75, 3.05) is 229 Å². The number of hydrogen-bond acceptors (Lipinski definition) is 27. The average molecular weight is 1780 g/mol. The lowest BCUT2D eigenvalue weighted by Crippen LogP contribution is -2.57. The fourth-order valence-electron chi connectivity index (χ4n) is 18.8. The van der Waals surface area contributed by atoms with Crippen LogP contribution in [0.2, 0.25) is 0 Å². The second-order valence-corrected chi connectivity index (χ2v) is 46.3. The minimum absolute atomic E-state index is 0.0150. The predicted octanol–water partition coefficient (Wildman–Crippen LogP) is 12.2. The summed E-state index contributed by atoms with van der Waals surface area (Å²) in [4.78, 5) is 64.1. The molecule has 3 aromatic heterocycles. The number of likely N-dealkylation sites (tertiary alicyclic amines) is 2. The van der Waals surface area contributed by atoms with Gasteiger partial charge < -0.3 is 42.7 Å². The lowest BCUT2D eigenvalue weighted by atomic mass is 9.85. The van der Waals surface area contributed by atoms with Crippen LogP contribution in [0.25, 0.3) is 0 Å². The summed E-state index contributed by atoms with van der Waals surface area (Å²) in [5.41, 5.74) is 3.27. The molecule has 10 aliphatic heterocycles. The number of ether oxygens (including phenoxy) is 2. The van der Waals surface area contributed by atoms with Gasteiger partial charge in [-0.1, -0.05) is 23.7 Å². The van der Waals surface area contributed by atoms with Crippen molar-refractivity contribution >= 4 is 5.91 Å². The molecule has 28 nitrogen and oxygen atoms in total. The second kappa shape index (κ2) is 49.5. The van der Waals surface area contributed by atoms with E-state index in [0.717, 1.165) is 244 Å². The summed E-state index contributed by atoms with van der Waals surface area (Å²) in [6.45, 7) is 111. The number of nitrogens with zero attached hydrogens (tertiary/aromatic N) is 21. The van der Waals surface area contributed by atoms with E-state index in [1.54, 1.807) is 0 Å². The van der Waals surface area contributed by atoms with Crippen LogP contribution in [-0.4, -0.2) is 419 Å². The zero-order valence-corrected chi connectivity index (χ0v) is 86.8. The first-order chi connectivity index (χ1) is 58.7. The predicted molar refractivity (Wildman–Crippen MR) is 515 cm³/mol. The highest BCUT2D eigenvalue weighted by Gasteiger charge is 2.47. The first-order valence-electron chi connectivity index (χ1n) is 49.4. The van der Waals surface area contributed by atoms with Crippen molar-refractivity contribution in [2.24, 2.45) is 11.8 Å². The molecule has 13 heterocycles. The van der Waals surface area contributed by atoms with Gasteiger partial charge in [0.25, 0.3) is 0 Å². The minimum Gasteiger partial charge on any atom is -0.444 e. The van der Waals surface area contributed by atoms with Crippen molar-refractivity contribution < 1.29 is 32.8 Å². The molecule has 1 N–H and O–H groups in total. The van der Waals surface area contributed by atoms with E-state index in [1.807, 2.05) is 25.7 Å². The van der Waals surface area contributed by atoms with Gasteiger partial charge in [0, 0.05) is 285 Å². The van der Waals surface area contributed by atoms with E-state index in [0.29, 0.717) is 59.0 Å². The van der Waals surface area contributed by atoms with Crippen LogP contribution in [0.3, 0.4) is 0 Å². The van der Waals surface area contributed by atoms with E-state index in [1.165, 1.54) is 77.8 Å². The van der Waals surface area contributed by atoms with Gasteiger partial charge in [-0.2, -0.15) is 9.97 Å². The summed E-state index contributed by atoms with van der Waals surface area (Å²) in [6.07, 6.45) is 8.40. The molecule has 1 amide bonds. The highest BCUT2D eigenvalue weighted by atomic mass is 16.7. The summed E-state index contributed by atoms with van der Waals surface area (Å²) in [5.74, 6) is 5.71. The first kappa shape index (κ1) is 109. The van der Waals surface area contributed by atoms with Gasteiger partial charge in [-0.15, -0.1) is 0 Å². The van der Waals surface area contributed by atoms with Crippen LogP contribution in [0, 0.1) is 32.6 Å². The highest BCUT2D eigenvalue weighted by Crippen LogP contribution is 2.37. The third kappa shape index (κ3) is 37.2. The molecule has 3 unspecified atom stereocenters. The molecule has 28 heteroatoms. The summed E-state index contributed by atoms with van der Waals surface area (Å²) in [5, 5.41) is 16.8. The zero-order chi connectivity index (χ0) is 93.5. The van der Waals surface area contributed by atoms with Crippen LogP contribution in [0.1, 0.15) is 268 Å². The summed E-state index contributed by atoms with van der Waals surface area (Å²) in [7, 11) is 0. The van der Waals surface area contributed by atoms with Crippen LogP contribution in [0.5, 0.6) is 0 Å². The van der Waals surface area contributed by atoms with Crippen molar-refractivity contribution in [3.05, 3.63) is 41.3 Å². The van der Waals surface area contributed by atoms with E-state index in [2.05, 4.69) is 300 Å². The number of carbonyl (C=O) groups is 1. The smallest absolute Gasteiger partial charge is 0.240 e. The van der Waals surface area contributed by atoms with E-state index in [4.69, 9.17) is 22.9 Å². The van der Waals surface area contributed by atoms with E-state index >= 15 is 0 Å². The molecular weight excluding hydrogens is 1580 g/mol. The third-order valence-corrected chi connectivity index (χ3v) is 27.9. The Morgan fingerprint density at radius 1 is 0.444 bits per heavy atom. The Labute approximate surface area is 768 Å². The molecule has 3 atom stereocenters. The van der Waals surface area contributed by atoms with Crippen LogP contribution in [-0.2, 0) is 33.9 Å². The van der Waals surface area contributed by atoms with Gasteiger partial charge in [-0.3, -0.25) is 68.5 Å². The number of aliphatic hydroxyl groups excluding tert-OH is 1. The maximum absolute atomic E-state index is 11.8. The zero-order valence-electron chi connectivity index (χ0n) is 86.8. The molecular formula is C98H191N21O7. The first-order valence-corrected chi connectivity index (χ1v) is 49.4. The maximum atomic E-state index is 11.8. The summed E-state index contributed by atoms with van der Waals surface area (Å²) >= 11 is 0. The number of rotatable bonds is 16. The van der Waals surface area contributed by atoms with Gasteiger partial charge in [0.1, 0.15) is 5.76 Å². The highest BCUT2D eigenvalue weighted by molar-refractivity contribution is 5.79. The Kier molecular flexibility index (Phi) is 42.9. The Balaban J connectivity index is 0.000000198. The summed E-state index contributed by atoms with van der Waals surface area (Å²) in [6, 6.07) is 2.72. The molecule has 0 spiro atoms. The lowest BCUT2D eigenvalue weighted by molar-refractivity contribution is -0.140. The topological polar surface area (TPSA) is 211 Å². The number of oxazole rings is 1. The van der Waals surface area contributed by atoms with Gasteiger partial charge in [-0.05, 0) is 245 Å². The lowest BCUT2D eigenvalue weighted by Gasteiger charge is -2.43. The molecule has 2 bridgehead atoms. The van der Waals surface area contributed by atoms with Crippen LogP contribution in [0.4, 0.5) is 0 Å². The third-order valence-electron chi connectivity index (χ3n) is 27.9. The molecule has 0 radical (unpaired) electrons. The Morgan fingerprint density at radius 3 is 1.17 bits per heavy atom. The molecule has 730 valence electrons. The second-order valence-electron chi connectivity index (χ2n) is 46.3. The number of hydrogen-bond donors (Lipinski definition) is 1. The number of aliphatic hydroxyl groups is 1.